The molecular formula is C17H20N2O5. The Bertz CT molecular complexity index is 803. The van der Waals surface area contributed by atoms with Gasteiger partial charge in [-0.3, -0.25) is 14.7 Å². The number of aliphatic hydroxyl groups is 1. The minimum absolute atomic E-state index is 0.160. The lowest BCUT2D eigenvalue weighted by Gasteiger charge is -2.40. The summed E-state index contributed by atoms with van der Waals surface area (Å²) in [6.07, 6.45) is 0.160. The first-order valence-electron chi connectivity index (χ1n) is 7.62. The van der Waals surface area contributed by atoms with Crippen LogP contribution in [0.5, 0.6) is 5.75 Å². The number of ether oxygens (including phenoxy) is 2. The molecule has 3 N–H and O–H groups in total. The Morgan fingerprint density at radius 2 is 1.92 bits per heavy atom. The zero-order chi connectivity index (χ0) is 17.5. The van der Waals surface area contributed by atoms with E-state index in [9.17, 15) is 14.7 Å². The molecule has 0 bridgehead atoms. The van der Waals surface area contributed by atoms with Crippen molar-refractivity contribution in [3.05, 3.63) is 51.4 Å². The number of carbonyl (C=O) groups excluding carboxylic acids is 1. The van der Waals surface area contributed by atoms with Gasteiger partial charge in [-0.15, -0.1) is 0 Å². The van der Waals surface area contributed by atoms with Gasteiger partial charge in [0, 0.05) is 23.6 Å². The summed E-state index contributed by atoms with van der Waals surface area (Å²) in [5.74, 6) is -1.39. The van der Waals surface area contributed by atoms with Crippen molar-refractivity contribution in [2.45, 2.75) is 24.9 Å². The summed E-state index contributed by atoms with van der Waals surface area (Å²) in [5.41, 5.74) is 0.149. The van der Waals surface area contributed by atoms with Crippen LogP contribution in [0.1, 0.15) is 29.7 Å². The molecule has 1 aliphatic rings. The Labute approximate surface area is 138 Å². The Morgan fingerprint density at radius 1 is 1.25 bits per heavy atom. The molecule has 24 heavy (non-hydrogen) atoms. The number of nitrogens with one attached hydrogen (secondary N) is 2. The number of hydrogen-bond acceptors (Lipinski definition) is 5. The van der Waals surface area contributed by atoms with Gasteiger partial charge in [0.15, 0.2) is 0 Å². The molecule has 1 aromatic carbocycles. The molecule has 0 aliphatic heterocycles. The number of hydrogen-bond donors (Lipinski definition) is 3. The van der Waals surface area contributed by atoms with E-state index in [1.54, 1.807) is 38.3 Å². The van der Waals surface area contributed by atoms with Gasteiger partial charge in [0.1, 0.15) is 5.75 Å². The largest absolute Gasteiger partial charge is 0.497 e. The van der Waals surface area contributed by atoms with E-state index >= 15 is 0 Å². The summed E-state index contributed by atoms with van der Waals surface area (Å²) in [5, 5.41) is 16.2. The first kappa shape index (κ1) is 16.3. The van der Waals surface area contributed by atoms with Crippen molar-refractivity contribution in [2.24, 2.45) is 5.92 Å². The van der Waals surface area contributed by atoms with Crippen molar-refractivity contribution in [2.75, 3.05) is 14.2 Å². The van der Waals surface area contributed by atoms with Gasteiger partial charge in [-0.25, -0.2) is 0 Å². The van der Waals surface area contributed by atoms with Crippen LogP contribution in [0.25, 0.3) is 0 Å². The second-order valence-corrected chi connectivity index (χ2v) is 6.26. The van der Waals surface area contributed by atoms with Crippen LogP contribution in [0.15, 0.2) is 29.1 Å². The van der Waals surface area contributed by atoms with Crippen LogP contribution in [0.3, 0.4) is 0 Å². The molecule has 3 atom stereocenters. The average Bonchev–Trinajstić information content (AvgIpc) is 2.92. The Balaban J connectivity index is 2.20. The fourth-order valence-corrected chi connectivity index (χ4v) is 3.55. The van der Waals surface area contributed by atoms with Crippen LogP contribution in [-0.2, 0) is 16.0 Å². The predicted octanol–water partition coefficient (Wildman–Crippen LogP) is 0.940. The Morgan fingerprint density at radius 3 is 2.50 bits per heavy atom. The number of aromatic nitrogens is 2. The standard InChI is InChI=1S/C17H20N2O5/c1-17(22)8-11-13(15(20)19-18-11)12(14(17)16(21)24-3)9-4-6-10(23-2)7-5-9/h4-7,12,14,22H,8H2,1-3H3,(H2,18,19,20)/t12-,14+,17-/m1/s1. The number of esters is 1. The summed E-state index contributed by atoms with van der Waals surface area (Å²) in [6.45, 7) is 1.58. The molecule has 1 aliphatic carbocycles. The smallest absolute Gasteiger partial charge is 0.312 e. The van der Waals surface area contributed by atoms with Crippen molar-refractivity contribution in [1.29, 1.82) is 0 Å². The predicted molar refractivity (Wildman–Crippen MR) is 86.1 cm³/mol. The molecule has 0 unspecified atom stereocenters. The average molecular weight is 332 g/mol. The van der Waals surface area contributed by atoms with E-state index in [1.807, 2.05) is 0 Å². The third kappa shape index (κ3) is 2.50. The van der Waals surface area contributed by atoms with Crippen molar-refractivity contribution >= 4 is 5.97 Å². The minimum Gasteiger partial charge on any atom is -0.497 e. The highest BCUT2D eigenvalue weighted by molar-refractivity contribution is 5.77. The maximum atomic E-state index is 12.4. The van der Waals surface area contributed by atoms with Crippen LogP contribution in [0.2, 0.25) is 0 Å². The highest BCUT2D eigenvalue weighted by Gasteiger charge is 2.51. The van der Waals surface area contributed by atoms with Crippen LogP contribution in [0, 0.1) is 5.92 Å². The second kappa shape index (κ2) is 5.83. The van der Waals surface area contributed by atoms with E-state index in [0.29, 0.717) is 17.0 Å². The third-order valence-corrected chi connectivity index (χ3v) is 4.68. The van der Waals surface area contributed by atoms with Crippen LogP contribution in [0.4, 0.5) is 0 Å². The molecule has 1 heterocycles. The normalized spacial score (nSPS) is 25.8. The summed E-state index contributed by atoms with van der Waals surface area (Å²) >= 11 is 0. The van der Waals surface area contributed by atoms with E-state index < -0.39 is 23.4 Å². The van der Waals surface area contributed by atoms with Crippen LogP contribution in [-0.4, -0.2) is 41.1 Å². The Kier molecular flexibility index (Phi) is 3.96. The number of fused-ring (bicyclic) bond motifs is 1. The van der Waals surface area contributed by atoms with E-state index in [1.165, 1.54) is 7.11 Å². The van der Waals surface area contributed by atoms with Gasteiger partial charge in [0.2, 0.25) is 0 Å². The molecule has 0 amide bonds. The summed E-state index contributed by atoms with van der Waals surface area (Å²) in [7, 11) is 2.84. The molecule has 0 saturated heterocycles. The van der Waals surface area contributed by atoms with Gasteiger partial charge in [0.25, 0.3) is 5.56 Å². The summed E-state index contributed by atoms with van der Waals surface area (Å²) < 4.78 is 10.1. The van der Waals surface area contributed by atoms with E-state index in [-0.39, 0.29) is 12.0 Å². The SMILES string of the molecule is COC(=O)[C@@H]1[C@H](c2ccc(OC)cc2)c2c([nH][nH]c2=O)C[C@@]1(C)O. The van der Waals surface area contributed by atoms with Crippen LogP contribution < -0.4 is 10.3 Å². The molecular weight excluding hydrogens is 312 g/mol. The molecule has 3 rings (SSSR count). The molecule has 0 saturated carbocycles. The summed E-state index contributed by atoms with van der Waals surface area (Å²) in [6, 6.07) is 7.09. The first-order chi connectivity index (χ1) is 11.4. The number of methoxy groups -OCH3 is 2. The molecule has 128 valence electrons. The number of benzene rings is 1. The lowest BCUT2D eigenvalue weighted by molar-refractivity contribution is -0.156. The van der Waals surface area contributed by atoms with Gasteiger partial charge >= 0.3 is 5.97 Å². The van der Waals surface area contributed by atoms with E-state index in [4.69, 9.17) is 9.47 Å². The molecule has 0 radical (unpaired) electrons. The van der Waals surface area contributed by atoms with Gasteiger partial charge in [-0.1, -0.05) is 12.1 Å². The lowest BCUT2D eigenvalue weighted by Crippen LogP contribution is -2.49. The monoisotopic (exact) mass is 332 g/mol. The van der Waals surface area contributed by atoms with Gasteiger partial charge < -0.3 is 19.7 Å². The van der Waals surface area contributed by atoms with Crippen molar-refractivity contribution < 1.29 is 19.4 Å². The topological polar surface area (TPSA) is 104 Å². The first-order valence-corrected chi connectivity index (χ1v) is 7.62. The zero-order valence-corrected chi connectivity index (χ0v) is 13.8. The van der Waals surface area contributed by atoms with Gasteiger partial charge in [0.05, 0.1) is 25.7 Å². The molecule has 2 aromatic rings. The highest BCUT2D eigenvalue weighted by atomic mass is 16.5. The zero-order valence-electron chi connectivity index (χ0n) is 13.8. The number of rotatable bonds is 3. The quantitative estimate of drug-likeness (QED) is 0.726. The molecule has 1 aromatic heterocycles. The number of carbonyl (C=O) groups is 1. The fraction of sp³-hybridized carbons (Fsp3) is 0.412. The molecule has 0 fully saturated rings. The Hall–Kier alpha value is -2.54. The van der Waals surface area contributed by atoms with E-state index in [0.717, 1.165) is 5.56 Å². The minimum atomic E-state index is -1.35. The maximum absolute atomic E-state index is 12.4. The van der Waals surface area contributed by atoms with Crippen molar-refractivity contribution in [1.82, 2.24) is 10.2 Å². The van der Waals surface area contributed by atoms with Gasteiger partial charge in [-0.05, 0) is 24.6 Å². The molecule has 7 heteroatoms. The fourth-order valence-electron chi connectivity index (χ4n) is 3.55. The van der Waals surface area contributed by atoms with Crippen LogP contribution >= 0.6 is 0 Å². The lowest BCUT2D eigenvalue weighted by atomic mass is 9.66. The highest BCUT2D eigenvalue weighted by Crippen LogP contribution is 2.44. The maximum Gasteiger partial charge on any atom is 0.312 e. The third-order valence-electron chi connectivity index (χ3n) is 4.68. The second-order valence-electron chi connectivity index (χ2n) is 6.26. The number of aromatic amines is 2. The van der Waals surface area contributed by atoms with E-state index in [2.05, 4.69) is 10.2 Å². The summed E-state index contributed by atoms with van der Waals surface area (Å²) in [4.78, 5) is 24.7. The van der Waals surface area contributed by atoms with Crippen molar-refractivity contribution in [3.8, 4) is 5.75 Å². The van der Waals surface area contributed by atoms with Crippen molar-refractivity contribution in [3.63, 3.8) is 0 Å². The molecule has 7 nitrogen and oxygen atoms in total. The number of H-pyrrole nitrogens is 2. The van der Waals surface area contributed by atoms with Gasteiger partial charge in [-0.2, -0.15) is 0 Å². The molecule has 0 spiro atoms.